The maximum absolute atomic E-state index is 5.47. The van der Waals surface area contributed by atoms with E-state index in [4.69, 9.17) is 6.42 Å². The van der Waals surface area contributed by atoms with Crippen molar-refractivity contribution < 1.29 is 0 Å². The van der Waals surface area contributed by atoms with E-state index in [2.05, 4.69) is 31.9 Å². The van der Waals surface area contributed by atoms with Crippen molar-refractivity contribution in [2.45, 2.75) is 52.9 Å². The fourth-order valence-corrected chi connectivity index (χ4v) is 1.72. The molecular formula is C16H24. The van der Waals surface area contributed by atoms with Crippen LogP contribution in [0.1, 0.15) is 64.0 Å². The first-order chi connectivity index (χ1) is 7.79. The molecule has 0 aromatic heterocycles. The van der Waals surface area contributed by atoms with Crippen molar-refractivity contribution in [3.05, 3.63) is 35.4 Å². The van der Waals surface area contributed by atoms with Gasteiger partial charge in [0.25, 0.3) is 0 Å². The summed E-state index contributed by atoms with van der Waals surface area (Å²) in [7, 11) is 0. The molecule has 0 aliphatic heterocycles. The third kappa shape index (κ3) is 4.53. The number of hydrogen-bond acceptors (Lipinski definition) is 0. The summed E-state index contributed by atoms with van der Waals surface area (Å²) in [4.78, 5) is 0. The lowest BCUT2D eigenvalue weighted by Gasteiger charge is -2.12. The normalized spacial score (nSPS) is 10.9. The Hall–Kier alpha value is -1.22. The zero-order valence-electron chi connectivity index (χ0n) is 11.1. The lowest BCUT2D eigenvalue weighted by atomic mass is 9.92. The van der Waals surface area contributed by atoms with Gasteiger partial charge in [-0.2, -0.15) is 0 Å². The molecule has 0 bridgehead atoms. The number of rotatable bonds is 4. The van der Waals surface area contributed by atoms with Crippen molar-refractivity contribution in [3.63, 3.8) is 0 Å². The molecule has 88 valence electrons. The number of unbranched alkanes of at least 4 members (excludes halogenated alkanes) is 1. The maximum Gasteiger partial charge on any atom is 0.0277 e. The second-order valence-electron chi connectivity index (χ2n) is 3.77. The van der Waals surface area contributed by atoms with Crippen LogP contribution in [0.2, 0.25) is 0 Å². The second-order valence-corrected chi connectivity index (χ2v) is 3.77. The minimum atomic E-state index is 0.585. The van der Waals surface area contributed by atoms with E-state index in [1.807, 2.05) is 26.0 Å². The monoisotopic (exact) mass is 216 g/mol. The van der Waals surface area contributed by atoms with Crippen LogP contribution in [-0.2, 0) is 0 Å². The van der Waals surface area contributed by atoms with E-state index in [0.717, 1.165) is 5.56 Å². The molecule has 1 unspecified atom stereocenters. The molecule has 0 saturated carbocycles. The molecule has 1 aromatic rings. The van der Waals surface area contributed by atoms with Crippen LogP contribution >= 0.6 is 0 Å². The zero-order chi connectivity index (χ0) is 12.4. The van der Waals surface area contributed by atoms with Gasteiger partial charge < -0.3 is 0 Å². The number of benzene rings is 1. The van der Waals surface area contributed by atoms with Crippen LogP contribution in [0, 0.1) is 12.3 Å². The van der Waals surface area contributed by atoms with Gasteiger partial charge in [0.05, 0.1) is 0 Å². The predicted molar refractivity (Wildman–Crippen MR) is 73.7 cm³/mol. The van der Waals surface area contributed by atoms with E-state index in [-0.39, 0.29) is 0 Å². The van der Waals surface area contributed by atoms with Gasteiger partial charge in [-0.3, -0.25) is 0 Å². The lowest BCUT2D eigenvalue weighted by molar-refractivity contribution is 0.623. The SMILES string of the molecule is C#Cc1ccccc1C(C)CCCC.CC. The van der Waals surface area contributed by atoms with Crippen LogP contribution in [-0.4, -0.2) is 0 Å². The molecule has 0 spiro atoms. The van der Waals surface area contributed by atoms with Gasteiger partial charge in [-0.25, -0.2) is 0 Å². The van der Waals surface area contributed by atoms with Crippen molar-refractivity contribution in [1.29, 1.82) is 0 Å². The fraction of sp³-hybridized carbons (Fsp3) is 0.500. The molecule has 0 heteroatoms. The van der Waals surface area contributed by atoms with E-state index in [9.17, 15) is 0 Å². The highest BCUT2D eigenvalue weighted by Gasteiger charge is 2.07. The highest BCUT2D eigenvalue weighted by molar-refractivity contribution is 5.41. The molecule has 0 N–H and O–H groups in total. The highest BCUT2D eigenvalue weighted by atomic mass is 14.1. The van der Waals surface area contributed by atoms with Gasteiger partial charge in [0, 0.05) is 5.56 Å². The molecule has 0 fully saturated rings. The molecule has 16 heavy (non-hydrogen) atoms. The minimum Gasteiger partial charge on any atom is -0.115 e. The van der Waals surface area contributed by atoms with Crippen LogP contribution in [0.3, 0.4) is 0 Å². The molecule has 1 aromatic carbocycles. The van der Waals surface area contributed by atoms with Gasteiger partial charge in [0.1, 0.15) is 0 Å². The third-order valence-electron chi connectivity index (χ3n) is 2.64. The number of hydrogen-bond donors (Lipinski definition) is 0. The lowest BCUT2D eigenvalue weighted by Crippen LogP contribution is -1.96. The summed E-state index contributed by atoms with van der Waals surface area (Å²) >= 11 is 0. The van der Waals surface area contributed by atoms with E-state index in [1.54, 1.807) is 0 Å². The molecule has 0 amide bonds. The average Bonchev–Trinajstić information content (AvgIpc) is 2.38. The summed E-state index contributed by atoms with van der Waals surface area (Å²) in [6.45, 7) is 8.48. The first-order valence-electron chi connectivity index (χ1n) is 6.35. The van der Waals surface area contributed by atoms with Crippen molar-refractivity contribution in [3.8, 4) is 12.3 Å². The third-order valence-corrected chi connectivity index (χ3v) is 2.64. The minimum absolute atomic E-state index is 0.585. The van der Waals surface area contributed by atoms with Crippen LogP contribution in [0.15, 0.2) is 24.3 Å². The summed E-state index contributed by atoms with van der Waals surface area (Å²) in [5.74, 6) is 3.34. The highest BCUT2D eigenvalue weighted by Crippen LogP contribution is 2.24. The first kappa shape index (κ1) is 14.8. The van der Waals surface area contributed by atoms with E-state index in [0.29, 0.717) is 5.92 Å². The van der Waals surface area contributed by atoms with E-state index >= 15 is 0 Å². The first-order valence-corrected chi connectivity index (χ1v) is 6.35. The molecule has 1 atom stereocenters. The average molecular weight is 216 g/mol. The maximum atomic E-state index is 5.47. The van der Waals surface area contributed by atoms with Crippen LogP contribution in [0.4, 0.5) is 0 Å². The Labute approximate surface area is 101 Å². The van der Waals surface area contributed by atoms with Crippen molar-refractivity contribution in [1.82, 2.24) is 0 Å². The smallest absolute Gasteiger partial charge is 0.0277 e. The van der Waals surface area contributed by atoms with Crippen molar-refractivity contribution >= 4 is 0 Å². The van der Waals surface area contributed by atoms with E-state index < -0.39 is 0 Å². The Balaban J connectivity index is 0.00000106. The van der Waals surface area contributed by atoms with Crippen LogP contribution in [0.5, 0.6) is 0 Å². The number of terminal acetylenes is 1. The Kier molecular flexibility index (Phi) is 8.35. The quantitative estimate of drug-likeness (QED) is 0.622. The van der Waals surface area contributed by atoms with Gasteiger partial charge in [-0.05, 0) is 24.0 Å². The largest absolute Gasteiger partial charge is 0.115 e. The van der Waals surface area contributed by atoms with Crippen LogP contribution in [0.25, 0.3) is 0 Å². The van der Waals surface area contributed by atoms with E-state index in [1.165, 1.54) is 24.8 Å². The predicted octanol–water partition coefficient (Wildman–Crippen LogP) is 4.99. The summed E-state index contributed by atoms with van der Waals surface area (Å²) in [6, 6.07) is 8.25. The van der Waals surface area contributed by atoms with Gasteiger partial charge in [0.2, 0.25) is 0 Å². The molecule has 1 rings (SSSR count). The van der Waals surface area contributed by atoms with Crippen LogP contribution < -0.4 is 0 Å². The van der Waals surface area contributed by atoms with Gasteiger partial charge >= 0.3 is 0 Å². The Morgan fingerprint density at radius 3 is 2.44 bits per heavy atom. The Morgan fingerprint density at radius 1 is 1.25 bits per heavy atom. The zero-order valence-corrected chi connectivity index (χ0v) is 11.1. The van der Waals surface area contributed by atoms with Gasteiger partial charge in [-0.1, -0.05) is 64.7 Å². The molecule has 0 heterocycles. The van der Waals surface area contributed by atoms with Gasteiger partial charge in [0.15, 0.2) is 0 Å². The van der Waals surface area contributed by atoms with Crippen molar-refractivity contribution in [2.75, 3.05) is 0 Å². The van der Waals surface area contributed by atoms with Crippen molar-refractivity contribution in [2.24, 2.45) is 0 Å². The second kappa shape index (κ2) is 9.04. The molecular weight excluding hydrogens is 192 g/mol. The Morgan fingerprint density at radius 2 is 1.88 bits per heavy atom. The standard InChI is InChI=1S/C14H18.C2H6/c1-4-6-9-12(3)14-11-8-7-10-13(14)5-2;1-2/h2,7-8,10-12H,4,6,9H2,1,3H3;1-2H3. The molecule has 0 nitrogen and oxygen atoms in total. The topological polar surface area (TPSA) is 0 Å². The molecule has 0 aliphatic rings. The summed E-state index contributed by atoms with van der Waals surface area (Å²) in [6.07, 6.45) is 9.23. The summed E-state index contributed by atoms with van der Waals surface area (Å²) in [5, 5.41) is 0. The Bertz CT molecular complexity index is 317. The molecule has 0 radical (unpaired) electrons. The molecule has 0 aliphatic carbocycles. The van der Waals surface area contributed by atoms with Gasteiger partial charge in [-0.15, -0.1) is 6.42 Å². The summed E-state index contributed by atoms with van der Waals surface area (Å²) in [5.41, 5.74) is 2.37. The molecule has 0 saturated heterocycles. The fourth-order valence-electron chi connectivity index (χ4n) is 1.72. The summed E-state index contributed by atoms with van der Waals surface area (Å²) < 4.78 is 0.